The zero-order valence-corrected chi connectivity index (χ0v) is 13.4. The van der Waals surface area contributed by atoms with Crippen LogP contribution in [0.4, 0.5) is 0 Å². The van der Waals surface area contributed by atoms with Crippen molar-refractivity contribution in [3.05, 3.63) is 30.3 Å². The molecule has 1 rings (SSSR count). The van der Waals surface area contributed by atoms with Gasteiger partial charge in [-0.15, -0.1) is 11.8 Å². The van der Waals surface area contributed by atoms with Crippen molar-refractivity contribution in [2.45, 2.75) is 37.5 Å². The monoisotopic (exact) mass is 308 g/mol. The van der Waals surface area contributed by atoms with Gasteiger partial charge in [-0.25, -0.2) is 0 Å². The van der Waals surface area contributed by atoms with E-state index in [2.05, 4.69) is 22.8 Å². The highest BCUT2D eigenvalue weighted by Crippen LogP contribution is 2.15. The summed E-state index contributed by atoms with van der Waals surface area (Å²) in [4.78, 5) is 23.5. The summed E-state index contributed by atoms with van der Waals surface area (Å²) >= 11 is 1.75. The molecule has 21 heavy (non-hydrogen) atoms. The Hall–Kier alpha value is -1.49. The fraction of sp³-hybridized carbons (Fsp3) is 0.500. The SMILES string of the molecule is CC(=O)NCCCCCC(=O)NCCSc1ccccc1. The first-order chi connectivity index (χ1) is 10.2. The van der Waals surface area contributed by atoms with Crippen LogP contribution >= 0.6 is 11.8 Å². The maximum atomic E-state index is 11.6. The lowest BCUT2D eigenvalue weighted by Gasteiger charge is -2.05. The highest BCUT2D eigenvalue weighted by Gasteiger charge is 2.01. The summed E-state index contributed by atoms with van der Waals surface area (Å²) in [6, 6.07) is 10.2. The second-order valence-corrected chi connectivity index (χ2v) is 5.97. The molecule has 0 aliphatic carbocycles. The van der Waals surface area contributed by atoms with Gasteiger partial charge in [0.05, 0.1) is 0 Å². The maximum absolute atomic E-state index is 11.6. The summed E-state index contributed by atoms with van der Waals surface area (Å²) in [5, 5.41) is 5.68. The number of nitrogens with one attached hydrogen (secondary N) is 2. The minimum absolute atomic E-state index is 0.00339. The minimum Gasteiger partial charge on any atom is -0.356 e. The summed E-state index contributed by atoms with van der Waals surface area (Å²) in [7, 11) is 0. The van der Waals surface area contributed by atoms with Gasteiger partial charge in [0.2, 0.25) is 11.8 Å². The molecule has 1 aromatic carbocycles. The van der Waals surface area contributed by atoms with Gasteiger partial charge in [0.15, 0.2) is 0 Å². The van der Waals surface area contributed by atoms with E-state index in [4.69, 9.17) is 0 Å². The lowest BCUT2D eigenvalue weighted by Crippen LogP contribution is -2.25. The van der Waals surface area contributed by atoms with E-state index in [1.54, 1.807) is 11.8 Å². The minimum atomic E-state index is 0.00339. The average molecular weight is 308 g/mol. The molecule has 0 fully saturated rings. The van der Waals surface area contributed by atoms with Gasteiger partial charge in [0, 0.05) is 37.1 Å². The second-order valence-electron chi connectivity index (χ2n) is 4.81. The number of hydrogen-bond donors (Lipinski definition) is 2. The summed E-state index contributed by atoms with van der Waals surface area (Å²) in [5.74, 6) is 1.00. The van der Waals surface area contributed by atoms with Crippen LogP contribution in [0.15, 0.2) is 35.2 Å². The number of rotatable bonds is 10. The summed E-state index contributed by atoms with van der Waals surface area (Å²) < 4.78 is 0. The second kappa shape index (κ2) is 11.2. The molecule has 4 nitrogen and oxygen atoms in total. The van der Waals surface area contributed by atoms with Gasteiger partial charge in [0.25, 0.3) is 0 Å². The van der Waals surface area contributed by atoms with Crippen LogP contribution in [0, 0.1) is 0 Å². The van der Waals surface area contributed by atoms with Crippen LogP contribution in [0.2, 0.25) is 0 Å². The quantitative estimate of drug-likeness (QED) is 0.516. The third-order valence-corrected chi connectivity index (χ3v) is 3.90. The van der Waals surface area contributed by atoms with Gasteiger partial charge in [-0.2, -0.15) is 0 Å². The molecule has 5 heteroatoms. The average Bonchev–Trinajstić information content (AvgIpc) is 2.48. The van der Waals surface area contributed by atoms with Crippen molar-refractivity contribution >= 4 is 23.6 Å². The zero-order chi connectivity index (χ0) is 15.3. The summed E-state index contributed by atoms with van der Waals surface area (Å²) in [6.07, 6.45) is 3.33. The van der Waals surface area contributed by atoms with Crippen LogP contribution in [0.5, 0.6) is 0 Å². The fourth-order valence-electron chi connectivity index (χ4n) is 1.82. The van der Waals surface area contributed by atoms with Crippen LogP contribution < -0.4 is 10.6 Å². The smallest absolute Gasteiger partial charge is 0.220 e. The van der Waals surface area contributed by atoms with Crippen molar-refractivity contribution in [3.8, 4) is 0 Å². The number of benzene rings is 1. The van der Waals surface area contributed by atoms with Gasteiger partial charge in [-0.3, -0.25) is 9.59 Å². The first kappa shape index (κ1) is 17.6. The third kappa shape index (κ3) is 9.96. The van der Waals surface area contributed by atoms with Crippen LogP contribution in [0.25, 0.3) is 0 Å². The van der Waals surface area contributed by atoms with Crippen LogP contribution in [-0.4, -0.2) is 30.7 Å². The lowest BCUT2D eigenvalue weighted by molar-refractivity contribution is -0.121. The molecule has 1 aromatic rings. The number of carbonyl (C=O) groups is 2. The Bertz CT molecular complexity index is 424. The molecule has 2 N–H and O–H groups in total. The number of carbonyl (C=O) groups excluding carboxylic acids is 2. The molecule has 116 valence electrons. The normalized spacial score (nSPS) is 10.1. The molecule has 0 aliphatic heterocycles. The molecule has 0 atom stereocenters. The molecular formula is C16H24N2O2S. The standard InChI is InChI=1S/C16H24N2O2S/c1-14(19)17-11-7-3-6-10-16(20)18-12-13-21-15-8-4-2-5-9-15/h2,4-5,8-9H,3,6-7,10-13H2,1H3,(H,17,19)(H,18,20). The van der Waals surface area contributed by atoms with Crippen molar-refractivity contribution < 1.29 is 9.59 Å². The number of amides is 2. The molecule has 0 saturated carbocycles. The van der Waals surface area contributed by atoms with Crippen molar-refractivity contribution in [1.29, 1.82) is 0 Å². The van der Waals surface area contributed by atoms with E-state index in [1.165, 1.54) is 11.8 Å². The topological polar surface area (TPSA) is 58.2 Å². The van der Waals surface area contributed by atoms with E-state index in [1.807, 2.05) is 18.2 Å². The zero-order valence-electron chi connectivity index (χ0n) is 12.6. The molecule has 0 unspecified atom stereocenters. The lowest BCUT2D eigenvalue weighted by atomic mass is 10.2. The Morgan fingerprint density at radius 3 is 2.48 bits per heavy atom. The summed E-state index contributed by atoms with van der Waals surface area (Å²) in [5.41, 5.74) is 0. The van der Waals surface area contributed by atoms with Crippen molar-refractivity contribution in [2.75, 3.05) is 18.8 Å². The maximum Gasteiger partial charge on any atom is 0.220 e. The van der Waals surface area contributed by atoms with E-state index in [0.29, 0.717) is 19.5 Å². The third-order valence-electron chi connectivity index (χ3n) is 2.89. The van der Waals surface area contributed by atoms with E-state index < -0.39 is 0 Å². The van der Waals surface area contributed by atoms with Gasteiger partial charge in [-0.05, 0) is 25.0 Å². The first-order valence-corrected chi connectivity index (χ1v) is 8.36. The molecule has 2 amide bonds. The van der Waals surface area contributed by atoms with Crippen LogP contribution in [0.3, 0.4) is 0 Å². The Labute approximate surface area is 131 Å². The van der Waals surface area contributed by atoms with Crippen molar-refractivity contribution in [1.82, 2.24) is 10.6 Å². The van der Waals surface area contributed by atoms with Crippen LogP contribution in [0.1, 0.15) is 32.6 Å². The molecule has 0 saturated heterocycles. The van der Waals surface area contributed by atoms with Crippen LogP contribution in [-0.2, 0) is 9.59 Å². The van der Waals surface area contributed by atoms with Gasteiger partial charge < -0.3 is 10.6 Å². The molecule has 0 bridgehead atoms. The summed E-state index contributed by atoms with van der Waals surface area (Å²) in [6.45, 7) is 2.91. The van der Waals surface area contributed by atoms with Gasteiger partial charge in [-0.1, -0.05) is 24.6 Å². The Kier molecular flexibility index (Phi) is 9.37. The van der Waals surface area contributed by atoms with Gasteiger partial charge in [0.1, 0.15) is 0 Å². The molecule has 0 spiro atoms. The van der Waals surface area contributed by atoms with Crippen molar-refractivity contribution in [2.24, 2.45) is 0 Å². The number of unbranched alkanes of at least 4 members (excludes halogenated alkanes) is 2. The highest BCUT2D eigenvalue weighted by molar-refractivity contribution is 7.99. The Morgan fingerprint density at radius 1 is 1.00 bits per heavy atom. The predicted octanol–water partition coefficient (Wildman–Crippen LogP) is 2.59. The molecular weight excluding hydrogens is 284 g/mol. The molecule has 0 radical (unpaired) electrons. The molecule has 0 aromatic heterocycles. The Balaban J connectivity index is 1.93. The van der Waals surface area contributed by atoms with E-state index in [-0.39, 0.29) is 11.8 Å². The van der Waals surface area contributed by atoms with E-state index in [0.717, 1.165) is 25.0 Å². The molecule has 0 aliphatic rings. The van der Waals surface area contributed by atoms with E-state index in [9.17, 15) is 9.59 Å². The number of thioether (sulfide) groups is 1. The fourth-order valence-corrected chi connectivity index (χ4v) is 2.61. The Morgan fingerprint density at radius 2 is 1.76 bits per heavy atom. The van der Waals surface area contributed by atoms with Crippen molar-refractivity contribution in [3.63, 3.8) is 0 Å². The largest absolute Gasteiger partial charge is 0.356 e. The first-order valence-electron chi connectivity index (χ1n) is 7.37. The highest BCUT2D eigenvalue weighted by atomic mass is 32.2. The van der Waals surface area contributed by atoms with Gasteiger partial charge >= 0.3 is 0 Å². The van der Waals surface area contributed by atoms with E-state index >= 15 is 0 Å². The molecule has 0 heterocycles. The number of hydrogen-bond acceptors (Lipinski definition) is 3. The predicted molar refractivity (Wildman–Crippen MR) is 87.3 cm³/mol.